The third-order valence-electron chi connectivity index (χ3n) is 3.16. The highest BCUT2D eigenvalue weighted by molar-refractivity contribution is 5.27. The minimum atomic E-state index is 0.238. The van der Waals surface area contributed by atoms with E-state index in [0.717, 1.165) is 12.2 Å². The summed E-state index contributed by atoms with van der Waals surface area (Å²) in [5.74, 6) is 1.14. The Morgan fingerprint density at radius 2 is 2.00 bits per heavy atom. The lowest BCUT2D eigenvalue weighted by atomic mass is 10.0. The van der Waals surface area contributed by atoms with Crippen LogP contribution in [-0.4, -0.2) is 18.1 Å². The molecule has 0 amide bonds. The highest BCUT2D eigenvalue weighted by atomic mass is 16.5. The average Bonchev–Trinajstić information content (AvgIpc) is 2.94. The molecule has 0 fully saturated rings. The fourth-order valence-electron chi connectivity index (χ4n) is 1.91. The number of hydrogen-bond acceptors (Lipinski definition) is 2. The zero-order valence-electron chi connectivity index (χ0n) is 10.7. The van der Waals surface area contributed by atoms with Crippen molar-refractivity contribution in [2.45, 2.75) is 19.3 Å². The number of hydrogen-bond donors (Lipinski definition) is 2. The van der Waals surface area contributed by atoms with E-state index in [1.54, 1.807) is 0 Å². The van der Waals surface area contributed by atoms with E-state index in [2.05, 4.69) is 24.0 Å². The van der Waals surface area contributed by atoms with E-state index in [1.165, 1.54) is 11.1 Å². The van der Waals surface area contributed by atoms with Crippen LogP contribution in [0, 0.1) is 0 Å². The van der Waals surface area contributed by atoms with Crippen LogP contribution >= 0.6 is 0 Å². The molecule has 0 saturated heterocycles. The zero-order valence-corrected chi connectivity index (χ0v) is 10.7. The molecule has 1 unspecified atom stereocenters. The van der Waals surface area contributed by atoms with E-state index in [-0.39, 0.29) is 5.92 Å². The van der Waals surface area contributed by atoms with Crippen molar-refractivity contribution in [3.8, 4) is 5.75 Å². The van der Waals surface area contributed by atoms with Gasteiger partial charge in [0, 0.05) is 24.9 Å². The summed E-state index contributed by atoms with van der Waals surface area (Å²) in [6, 6.07) is 10.3. The van der Waals surface area contributed by atoms with Crippen molar-refractivity contribution in [1.29, 1.82) is 0 Å². The van der Waals surface area contributed by atoms with Crippen LogP contribution in [0.3, 0.4) is 0 Å². The van der Waals surface area contributed by atoms with Gasteiger partial charge in [0.25, 0.3) is 0 Å². The third kappa shape index (κ3) is 3.14. The van der Waals surface area contributed by atoms with Gasteiger partial charge in [-0.15, -0.1) is 0 Å². The standard InChI is InChI=1S/C15H20N2O/c1-2-12-3-5-15(6-4-12)18-11-14(9-16)13-7-8-17-10-13/h3-8,10,14,17H,2,9,11,16H2,1H3. The molecule has 96 valence electrons. The van der Waals surface area contributed by atoms with Gasteiger partial charge in [0.1, 0.15) is 5.75 Å². The number of nitrogens with one attached hydrogen (secondary N) is 1. The normalized spacial score (nSPS) is 12.3. The van der Waals surface area contributed by atoms with Crippen LogP contribution in [0.15, 0.2) is 42.7 Å². The SMILES string of the molecule is CCc1ccc(OCC(CN)c2cc[nH]c2)cc1. The number of benzene rings is 1. The number of rotatable bonds is 6. The van der Waals surface area contributed by atoms with Gasteiger partial charge in [-0.2, -0.15) is 0 Å². The Morgan fingerprint density at radius 1 is 1.22 bits per heavy atom. The lowest BCUT2D eigenvalue weighted by molar-refractivity contribution is 0.290. The summed E-state index contributed by atoms with van der Waals surface area (Å²) in [7, 11) is 0. The highest BCUT2D eigenvalue weighted by Gasteiger charge is 2.10. The van der Waals surface area contributed by atoms with Crippen LogP contribution in [0.2, 0.25) is 0 Å². The first-order valence-corrected chi connectivity index (χ1v) is 6.38. The van der Waals surface area contributed by atoms with Crippen molar-refractivity contribution in [2.75, 3.05) is 13.2 Å². The summed E-state index contributed by atoms with van der Waals surface area (Å²) >= 11 is 0. The monoisotopic (exact) mass is 244 g/mol. The summed E-state index contributed by atoms with van der Waals surface area (Å²) in [4.78, 5) is 3.05. The minimum absolute atomic E-state index is 0.238. The highest BCUT2D eigenvalue weighted by Crippen LogP contribution is 2.18. The van der Waals surface area contributed by atoms with E-state index in [1.807, 2.05) is 30.6 Å². The molecule has 1 heterocycles. The van der Waals surface area contributed by atoms with E-state index in [4.69, 9.17) is 10.5 Å². The maximum atomic E-state index is 5.79. The average molecular weight is 244 g/mol. The second-order valence-electron chi connectivity index (χ2n) is 4.39. The van der Waals surface area contributed by atoms with E-state index in [9.17, 15) is 0 Å². The van der Waals surface area contributed by atoms with Gasteiger partial charge in [-0.1, -0.05) is 19.1 Å². The first kappa shape index (κ1) is 12.7. The van der Waals surface area contributed by atoms with Crippen molar-refractivity contribution in [2.24, 2.45) is 5.73 Å². The van der Waals surface area contributed by atoms with Crippen molar-refractivity contribution in [3.63, 3.8) is 0 Å². The van der Waals surface area contributed by atoms with Crippen LogP contribution < -0.4 is 10.5 Å². The Bertz CT molecular complexity index is 448. The Morgan fingerprint density at radius 3 is 2.56 bits per heavy atom. The molecule has 0 aliphatic rings. The third-order valence-corrected chi connectivity index (χ3v) is 3.16. The summed E-state index contributed by atoms with van der Waals surface area (Å²) < 4.78 is 5.79. The molecular weight excluding hydrogens is 224 g/mol. The number of H-pyrrole nitrogens is 1. The Kier molecular flexibility index (Phi) is 4.42. The first-order chi connectivity index (χ1) is 8.83. The lowest BCUT2D eigenvalue weighted by Crippen LogP contribution is -2.19. The largest absolute Gasteiger partial charge is 0.493 e. The zero-order chi connectivity index (χ0) is 12.8. The Balaban J connectivity index is 1.93. The number of nitrogens with two attached hydrogens (primary N) is 1. The van der Waals surface area contributed by atoms with Crippen molar-refractivity contribution in [1.82, 2.24) is 4.98 Å². The molecule has 3 N–H and O–H groups in total. The van der Waals surface area contributed by atoms with Crippen molar-refractivity contribution >= 4 is 0 Å². The molecule has 3 nitrogen and oxygen atoms in total. The second kappa shape index (κ2) is 6.26. The maximum Gasteiger partial charge on any atom is 0.119 e. The number of aromatic nitrogens is 1. The summed E-state index contributed by atoms with van der Waals surface area (Å²) in [6.45, 7) is 3.34. The van der Waals surface area contributed by atoms with Gasteiger partial charge in [-0.3, -0.25) is 0 Å². The molecule has 3 heteroatoms. The van der Waals surface area contributed by atoms with Crippen LogP contribution in [-0.2, 0) is 6.42 Å². The number of ether oxygens (including phenoxy) is 1. The number of aromatic amines is 1. The molecule has 0 spiro atoms. The summed E-state index contributed by atoms with van der Waals surface area (Å²) in [5.41, 5.74) is 8.30. The first-order valence-electron chi connectivity index (χ1n) is 6.38. The molecule has 0 aliphatic carbocycles. The summed E-state index contributed by atoms with van der Waals surface area (Å²) in [6.07, 6.45) is 4.93. The van der Waals surface area contributed by atoms with Gasteiger partial charge in [-0.05, 0) is 35.7 Å². The van der Waals surface area contributed by atoms with Crippen molar-refractivity contribution in [3.05, 3.63) is 53.9 Å². The van der Waals surface area contributed by atoms with Gasteiger partial charge in [0.2, 0.25) is 0 Å². The topological polar surface area (TPSA) is 51.0 Å². The smallest absolute Gasteiger partial charge is 0.119 e. The number of aryl methyl sites for hydroxylation is 1. The molecule has 0 bridgehead atoms. The fraction of sp³-hybridized carbons (Fsp3) is 0.333. The minimum Gasteiger partial charge on any atom is -0.493 e. The van der Waals surface area contributed by atoms with Crippen molar-refractivity contribution < 1.29 is 4.74 Å². The molecule has 0 saturated carbocycles. The molecular formula is C15H20N2O. The van der Waals surface area contributed by atoms with Crippen LogP contribution in [0.5, 0.6) is 5.75 Å². The van der Waals surface area contributed by atoms with E-state index >= 15 is 0 Å². The predicted molar refractivity (Wildman–Crippen MR) is 73.9 cm³/mol. The molecule has 1 aromatic heterocycles. The maximum absolute atomic E-state index is 5.79. The summed E-state index contributed by atoms with van der Waals surface area (Å²) in [5, 5.41) is 0. The Hall–Kier alpha value is -1.74. The van der Waals surface area contributed by atoms with Gasteiger partial charge in [0.15, 0.2) is 0 Å². The van der Waals surface area contributed by atoms with Gasteiger partial charge in [-0.25, -0.2) is 0 Å². The second-order valence-corrected chi connectivity index (χ2v) is 4.39. The van der Waals surface area contributed by atoms with Gasteiger partial charge >= 0.3 is 0 Å². The van der Waals surface area contributed by atoms with Crippen LogP contribution in [0.4, 0.5) is 0 Å². The van der Waals surface area contributed by atoms with E-state index < -0.39 is 0 Å². The van der Waals surface area contributed by atoms with E-state index in [0.29, 0.717) is 13.2 Å². The quantitative estimate of drug-likeness (QED) is 0.821. The lowest BCUT2D eigenvalue weighted by Gasteiger charge is -2.14. The molecule has 2 rings (SSSR count). The molecule has 1 aromatic carbocycles. The van der Waals surface area contributed by atoms with Gasteiger partial charge < -0.3 is 15.5 Å². The van der Waals surface area contributed by atoms with Gasteiger partial charge in [0.05, 0.1) is 6.61 Å². The van der Waals surface area contributed by atoms with Crippen LogP contribution in [0.25, 0.3) is 0 Å². The molecule has 0 aliphatic heterocycles. The Labute approximate surface area is 108 Å². The molecule has 0 radical (unpaired) electrons. The van der Waals surface area contributed by atoms with Crippen LogP contribution in [0.1, 0.15) is 24.0 Å². The molecule has 2 aromatic rings. The predicted octanol–water partition coefficient (Wildman–Crippen LogP) is 2.70. The fourth-order valence-corrected chi connectivity index (χ4v) is 1.91. The molecule has 1 atom stereocenters. The molecule has 18 heavy (non-hydrogen) atoms.